The average Bonchev–Trinajstić information content (AvgIpc) is 3.37. The minimum Gasteiger partial charge on any atom is -0.264 e. The minimum atomic E-state index is 0.250. The van der Waals surface area contributed by atoms with E-state index in [0.29, 0.717) is 35.5 Å². The second kappa shape index (κ2) is 56.9. The summed E-state index contributed by atoms with van der Waals surface area (Å²) in [7, 11) is 0. The van der Waals surface area contributed by atoms with E-state index in [4.69, 9.17) is 57.5 Å². The third kappa shape index (κ3) is 54.3. The smallest absolute Gasteiger partial charge is 0.264 e. The second-order valence-electron chi connectivity index (χ2n) is 16.3. The molecule has 0 aliphatic carbocycles. The Hall–Kier alpha value is -8.68. The van der Waals surface area contributed by atoms with Crippen LogP contribution in [0.25, 0.3) is 0 Å². The lowest BCUT2D eigenvalue weighted by Gasteiger charge is -2.03. The Morgan fingerprint density at radius 2 is 0.595 bits per heavy atom. The Balaban J connectivity index is -0.000000176. The average molecular weight is 1020 g/mol. The van der Waals surface area contributed by atoms with E-state index >= 15 is 0 Å². The maximum Gasteiger partial charge on any atom is 0.373 e. The van der Waals surface area contributed by atoms with Crippen LogP contribution in [0, 0.1) is 13.8 Å². The third-order valence-corrected chi connectivity index (χ3v) is 8.74. The molecule has 4 heterocycles. The molecule has 0 saturated heterocycles. The van der Waals surface area contributed by atoms with Crippen molar-refractivity contribution >= 4 is 36.9 Å². The Morgan fingerprint density at radius 3 is 0.770 bits per heavy atom. The normalized spacial score (nSPS) is 8.38. The van der Waals surface area contributed by atoms with Crippen molar-refractivity contribution in [2.45, 2.75) is 132 Å². The molecule has 0 amide bonds. The predicted molar refractivity (Wildman–Crippen MR) is 274 cm³/mol. The van der Waals surface area contributed by atoms with E-state index in [1.165, 1.54) is 27.8 Å². The van der Waals surface area contributed by atoms with Crippen LogP contribution in [-0.2, 0) is 57.5 Å². The summed E-state index contributed by atoms with van der Waals surface area (Å²) in [6.45, 7) is 30.2. The molecule has 16 heteroatoms. The van der Waals surface area contributed by atoms with E-state index in [1.54, 1.807) is 6.20 Å². The first-order valence-electron chi connectivity index (χ1n) is 22.8. The number of rotatable bonds is 6. The van der Waals surface area contributed by atoms with Crippen LogP contribution in [0.15, 0.2) is 146 Å². The van der Waals surface area contributed by atoms with Crippen LogP contribution in [0.5, 0.6) is 0 Å². The Labute approximate surface area is 436 Å². The van der Waals surface area contributed by atoms with Crippen molar-refractivity contribution in [3.05, 3.63) is 191 Å². The van der Waals surface area contributed by atoms with Crippen molar-refractivity contribution in [2.24, 2.45) is 0 Å². The number of hydrogen-bond acceptors (Lipinski definition) is 16. The molecular weight excluding hydrogens is 945 g/mol. The van der Waals surface area contributed by atoms with E-state index in [-0.39, 0.29) is 36.9 Å². The van der Waals surface area contributed by atoms with Crippen LogP contribution in [0.2, 0.25) is 0 Å². The summed E-state index contributed by atoms with van der Waals surface area (Å²) in [5.41, 5.74) is 10.2. The molecule has 74 heavy (non-hydrogen) atoms. The summed E-state index contributed by atoms with van der Waals surface area (Å²) >= 11 is 0. The van der Waals surface area contributed by atoms with Gasteiger partial charge in [0, 0.05) is 48.1 Å². The van der Waals surface area contributed by atoms with Crippen molar-refractivity contribution < 1.29 is 57.5 Å². The minimum absolute atomic E-state index is 0.250. The van der Waals surface area contributed by atoms with E-state index in [0.717, 1.165) is 17.1 Å². The second-order valence-corrected chi connectivity index (χ2v) is 16.3. The van der Waals surface area contributed by atoms with E-state index in [1.807, 2.05) is 75.0 Å². The van der Waals surface area contributed by atoms with Gasteiger partial charge in [0.05, 0.1) is 0 Å². The van der Waals surface area contributed by atoms with Gasteiger partial charge >= 0.3 is 36.9 Å². The van der Waals surface area contributed by atoms with Gasteiger partial charge < -0.3 is 0 Å². The van der Waals surface area contributed by atoms with Gasteiger partial charge in [-0.25, -0.2) is 0 Å². The van der Waals surface area contributed by atoms with Crippen molar-refractivity contribution in [3.63, 3.8) is 0 Å². The SMILES string of the molecule is CC(C)c1ccccc1.CC(C)c1ccccc1.CC(C)c1ccccn1.CC(C)c1cccnc1.Cc1cc(C(C)C)ccn1.Cc1cc(C(C)C)ccn1.O=C=O.O=C=O.O=C=O.O=C=O.O=C=O.O=C=O. The van der Waals surface area contributed by atoms with Gasteiger partial charge in [-0.1, -0.05) is 156 Å². The monoisotopic (exact) mass is 1020 g/mol. The largest absolute Gasteiger partial charge is 0.373 e. The van der Waals surface area contributed by atoms with Crippen molar-refractivity contribution in [2.75, 3.05) is 0 Å². The number of aryl methyl sites for hydroxylation is 2. The molecule has 0 spiro atoms. The lowest BCUT2D eigenvalue weighted by atomic mass is 10.0. The zero-order valence-electron chi connectivity index (χ0n) is 45.0. The summed E-state index contributed by atoms with van der Waals surface area (Å²) < 4.78 is 0. The number of aromatic nitrogens is 4. The molecule has 0 fully saturated rings. The van der Waals surface area contributed by atoms with Crippen LogP contribution in [0.1, 0.15) is 163 Å². The molecule has 0 unspecified atom stereocenters. The Morgan fingerprint density at radius 1 is 0.297 bits per heavy atom. The number of hydrogen-bond donors (Lipinski definition) is 0. The lowest BCUT2D eigenvalue weighted by molar-refractivity contribution is -0.193. The fraction of sp³-hybridized carbons (Fsp3) is 0.345. The molecule has 6 aromatic rings. The van der Waals surface area contributed by atoms with Crippen LogP contribution >= 0.6 is 0 Å². The van der Waals surface area contributed by atoms with Crippen LogP contribution in [-0.4, -0.2) is 56.8 Å². The van der Waals surface area contributed by atoms with Gasteiger partial charge in [0.25, 0.3) is 0 Å². The maximum atomic E-state index is 8.12. The van der Waals surface area contributed by atoms with Gasteiger partial charge in [-0.3, -0.25) is 19.9 Å². The summed E-state index contributed by atoms with van der Waals surface area (Å²) in [6.07, 6.45) is 10.8. The number of nitrogens with zero attached hydrogens (tertiary/aromatic N) is 4. The Bertz CT molecular complexity index is 2100. The highest BCUT2D eigenvalue weighted by atomic mass is 16.2. The Kier molecular flexibility index (Phi) is 59.1. The number of benzene rings is 2. The summed E-state index contributed by atoms with van der Waals surface area (Å²) in [5, 5.41) is 0. The molecule has 0 bridgehead atoms. The van der Waals surface area contributed by atoms with Crippen LogP contribution in [0.3, 0.4) is 0 Å². The van der Waals surface area contributed by atoms with Crippen LogP contribution in [0.4, 0.5) is 0 Å². The maximum absolute atomic E-state index is 8.12. The van der Waals surface area contributed by atoms with Gasteiger partial charge in [0.2, 0.25) is 0 Å². The molecule has 4 aromatic heterocycles. The fourth-order valence-corrected chi connectivity index (χ4v) is 4.96. The highest BCUT2D eigenvalue weighted by Gasteiger charge is 1.99. The molecule has 0 atom stereocenters. The first-order valence-corrected chi connectivity index (χ1v) is 22.8. The number of pyridine rings is 4. The molecule has 2 aromatic carbocycles. The summed E-state index contributed by atoms with van der Waals surface area (Å²) in [4.78, 5) is 114. The third-order valence-electron chi connectivity index (χ3n) is 8.74. The molecule has 6 rings (SSSR count). The van der Waals surface area contributed by atoms with Gasteiger partial charge in [0.1, 0.15) is 0 Å². The molecule has 0 N–H and O–H groups in total. The molecule has 0 aliphatic rings. The highest BCUT2D eigenvalue weighted by Crippen LogP contribution is 2.15. The summed E-state index contributed by atoms with van der Waals surface area (Å²) in [6, 6.07) is 39.5. The molecule has 0 saturated carbocycles. The molecule has 0 radical (unpaired) electrons. The molecule has 16 nitrogen and oxygen atoms in total. The quantitative estimate of drug-likeness (QED) is 0.150. The summed E-state index contributed by atoms with van der Waals surface area (Å²) in [5.74, 6) is 3.69. The first-order chi connectivity index (χ1) is 35.1. The van der Waals surface area contributed by atoms with Crippen molar-refractivity contribution in [3.8, 4) is 0 Å². The van der Waals surface area contributed by atoms with Crippen LogP contribution < -0.4 is 0 Å². The van der Waals surface area contributed by atoms with E-state index in [2.05, 4.69) is 182 Å². The van der Waals surface area contributed by atoms with E-state index < -0.39 is 0 Å². The van der Waals surface area contributed by atoms with Crippen molar-refractivity contribution in [1.29, 1.82) is 0 Å². The fourth-order valence-electron chi connectivity index (χ4n) is 4.96. The molecular formula is C58H72N4O12. The van der Waals surface area contributed by atoms with Gasteiger partial charge in [-0.2, -0.15) is 57.5 Å². The molecule has 396 valence electrons. The van der Waals surface area contributed by atoms with Gasteiger partial charge in [-0.05, 0) is 120 Å². The zero-order valence-corrected chi connectivity index (χ0v) is 45.0. The number of carbonyl (C=O) groups excluding carboxylic acids is 12. The zero-order chi connectivity index (χ0) is 58.1. The highest BCUT2D eigenvalue weighted by molar-refractivity contribution is 5.22. The van der Waals surface area contributed by atoms with Gasteiger partial charge in [-0.15, -0.1) is 0 Å². The first kappa shape index (κ1) is 76.8. The molecule has 0 aliphatic heterocycles. The topological polar surface area (TPSA) is 256 Å². The standard InChI is InChI=1S/2C9H13N.2C9H12.2C8H11N.6CO2/c2*1-7(2)9-4-5-10-8(3)6-9;2*1-8(2)9-6-4-3-5-7-9;1-7(2)8-4-3-5-9-6-8;1-7(2)8-5-3-4-6-9-8;6*2-1-3/h2*4-7H,1-3H3;2*3-8H,1-2H3;2*3-7H,1-2H3;;;;;;. The predicted octanol–water partition coefficient (Wildman–Crippen LogP) is 11.6. The van der Waals surface area contributed by atoms with E-state index in [9.17, 15) is 0 Å². The lowest BCUT2D eigenvalue weighted by Crippen LogP contribution is -1.88. The van der Waals surface area contributed by atoms with Gasteiger partial charge in [0.15, 0.2) is 0 Å². The van der Waals surface area contributed by atoms with Crippen molar-refractivity contribution in [1.82, 2.24) is 19.9 Å².